The van der Waals surface area contributed by atoms with Crippen molar-refractivity contribution >= 4 is 67.4 Å². The number of rotatable bonds is 7. The number of benzene rings is 2. The summed E-state index contributed by atoms with van der Waals surface area (Å²) in [4.78, 5) is 50.3. The number of hydrogen-bond donors (Lipinski definition) is 1. The van der Waals surface area contributed by atoms with Gasteiger partial charge in [0.05, 0.1) is 21.2 Å². The van der Waals surface area contributed by atoms with Crippen LogP contribution >= 0.6 is 31.9 Å². The number of esters is 1. The van der Waals surface area contributed by atoms with Crippen molar-refractivity contribution in [2.24, 2.45) is 0 Å². The van der Waals surface area contributed by atoms with E-state index in [1.54, 1.807) is 31.2 Å². The molecule has 2 aromatic carbocycles. The van der Waals surface area contributed by atoms with Crippen molar-refractivity contribution in [2.45, 2.75) is 20.3 Å². The lowest BCUT2D eigenvalue weighted by Crippen LogP contribution is -2.54. The molecule has 0 atom stereocenters. The van der Waals surface area contributed by atoms with Gasteiger partial charge in [-0.05, 0) is 86.7 Å². The van der Waals surface area contributed by atoms with Crippen molar-refractivity contribution in [3.8, 4) is 5.75 Å². The van der Waals surface area contributed by atoms with E-state index >= 15 is 0 Å². The Labute approximate surface area is 207 Å². The monoisotopic (exact) mass is 578 g/mol. The highest BCUT2D eigenvalue weighted by atomic mass is 79.9. The van der Waals surface area contributed by atoms with E-state index in [2.05, 4.69) is 37.2 Å². The van der Waals surface area contributed by atoms with Gasteiger partial charge in [0.2, 0.25) is 0 Å². The zero-order valence-electron chi connectivity index (χ0n) is 17.8. The van der Waals surface area contributed by atoms with Crippen LogP contribution in [0.5, 0.6) is 5.75 Å². The predicted molar refractivity (Wildman–Crippen MR) is 129 cm³/mol. The van der Waals surface area contributed by atoms with Crippen LogP contribution in [0.15, 0.2) is 50.9 Å². The first kappa shape index (κ1) is 24.7. The SMILES string of the molecule is CCOC(=O)COc1c(Br)cc(/C=C2/C(=O)NC(=O)N(c3ccc(CC)cc3)C2=O)cc1Br. The molecule has 0 bridgehead atoms. The molecule has 0 aliphatic carbocycles. The molecule has 0 aromatic heterocycles. The lowest BCUT2D eigenvalue weighted by atomic mass is 10.1. The van der Waals surface area contributed by atoms with Crippen LogP contribution < -0.4 is 15.0 Å². The number of carbonyl (C=O) groups is 4. The number of urea groups is 1. The number of nitrogens with one attached hydrogen (secondary N) is 1. The van der Waals surface area contributed by atoms with Crippen LogP contribution in [0.2, 0.25) is 0 Å². The molecule has 0 radical (unpaired) electrons. The molecule has 8 nitrogen and oxygen atoms in total. The highest BCUT2D eigenvalue weighted by molar-refractivity contribution is 9.11. The molecule has 0 unspecified atom stereocenters. The summed E-state index contributed by atoms with van der Waals surface area (Å²) in [6.45, 7) is 3.66. The highest BCUT2D eigenvalue weighted by Gasteiger charge is 2.36. The Morgan fingerprint density at radius 3 is 2.27 bits per heavy atom. The summed E-state index contributed by atoms with van der Waals surface area (Å²) in [5.74, 6) is -1.68. The van der Waals surface area contributed by atoms with E-state index in [0.717, 1.165) is 16.9 Å². The molecular weight excluding hydrogens is 560 g/mol. The number of halogens is 2. The van der Waals surface area contributed by atoms with Crippen LogP contribution in [-0.4, -0.2) is 37.0 Å². The fourth-order valence-electron chi connectivity index (χ4n) is 3.07. The van der Waals surface area contributed by atoms with Gasteiger partial charge in [0.1, 0.15) is 11.3 Å². The van der Waals surface area contributed by atoms with Gasteiger partial charge in [-0.25, -0.2) is 14.5 Å². The van der Waals surface area contributed by atoms with Crippen molar-refractivity contribution in [1.29, 1.82) is 0 Å². The average Bonchev–Trinajstić information content (AvgIpc) is 2.76. The standard InChI is InChI=1S/C23H20Br2N2O6/c1-3-13-5-7-15(8-6-13)27-22(30)16(21(29)26-23(27)31)9-14-10-17(24)20(18(25)11-14)33-12-19(28)32-4-2/h5-11H,3-4,12H2,1-2H3,(H,26,29,31)/b16-9-. The summed E-state index contributed by atoms with van der Waals surface area (Å²) in [5, 5.41) is 2.20. The molecule has 1 aliphatic heterocycles. The average molecular weight is 580 g/mol. The number of hydrogen-bond acceptors (Lipinski definition) is 6. The van der Waals surface area contributed by atoms with Gasteiger partial charge in [0.25, 0.3) is 11.8 Å². The molecule has 2 aromatic rings. The molecule has 172 valence electrons. The molecule has 4 amide bonds. The Morgan fingerprint density at radius 1 is 1.06 bits per heavy atom. The Kier molecular flexibility index (Phi) is 8.04. The normalized spacial score (nSPS) is 15.0. The van der Waals surface area contributed by atoms with E-state index in [-0.39, 0.29) is 18.8 Å². The third-order valence-corrected chi connectivity index (χ3v) is 5.85. The van der Waals surface area contributed by atoms with Crippen LogP contribution in [0.25, 0.3) is 6.08 Å². The first-order chi connectivity index (χ1) is 15.7. The number of nitrogens with zero attached hydrogens (tertiary/aromatic N) is 1. The summed E-state index contributed by atoms with van der Waals surface area (Å²) in [6, 6.07) is 9.39. The van der Waals surface area contributed by atoms with E-state index < -0.39 is 23.8 Å². The van der Waals surface area contributed by atoms with Crippen molar-refractivity contribution in [3.05, 3.63) is 62.0 Å². The molecular formula is C23H20Br2N2O6. The number of barbiturate groups is 1. The minimum Gasteiger partial charge on any atom is -0.480 e. The van der Waals surface area contributed by atoms with Crippen molar-refractivity contribution < 1.29 is 28.7 Å². The van der Waals surface area contributed by atoms with Gasteiger partial charge < -0.3 is 9.47 Å². The fraction of sp³-hybridized carbons (Fsp3) is 0.217. The molecule has 1 saturated heterocycles. The van der Waals surface area contributed by atoms with Crippen LogP contribution in [0, 0.1) is 0 Å². The number of imide groups is 2. The second-order valence-electron chi connectivity index (χ2n) is 6.89. The summed E-state index contributed by atoms with van der Waals surface area (Å²) in [7, 11) is 0. The maximum Gasteiger partial charge on any atom is 0.344 e. The van der Waals surface area contributed by atoms with Crippen molar-refractivity contribution in [3.63, 3.8) is 0 Å². The number of anilines is 1. The summed E-state index contributed by atoms with van der Waals surface area (Å²) in [6.07, 6.45) is 2.19. The third-order valence-electron chi connectivity index (χ3n) is 4.68. The Bertz CT molecular complexity index is 1120. The number of amides is 4. The van der Waals surface area contributed by atoms with Crippen LogP contribution in [-0.2, 0) is 25.5 Å². The van der Waals surface area contributed by atoms with Crippen LogP contribution in [0.3, 0.4) is 0 Å². The fourth-order valence-corrected chi connectivity index (χ4v) is 4.52. The third kappa shape index (κ3) is 5.69. The highest BCUT2D eigenvalue weighted by Crippen LogP contribution is 2.36. The zero-order chi connectivity index (χ0) is 24.1. The lowest BCUT2D eigenvalue weighted by Gasteiger charge is -2.26. The summed E-state index contributed by atoms with van der Waals surface area (Å²) < 4.78 is 11.3. The van der Waals surface area contributed by atoms with Gasteiger partial charge in [-0.1, -0.05) is 19.1 Å². The first-order valence-corrected chi connectivity index (χ1v) is 11.6. The number of aryl methyl sites for hydroxylation is 1. The maximum absolute atomic E-state index is 13.1. The maximum atomic E-state index is 13.1. The second kappa shape index (κ2) is 10.8. The van der Waals surface area contributed by atoms with Gasteiger partial charge in [-0.3, -0.25) is 14.9 Å². The van der Waals surface area contributed by atoms with E-state index in [1.807, 2.05) is 19.1 Å². The molecule has 33 heavy (non-hydrogen) atoms. The molecule has 1 N–H and O–H groups in total. The van der Waals surface area contributed by atoms with E-state index in [4.69, 9.17) is 9.47 Å². The molecule has 1 fully saturated rings. The largest absolute Gasteiger partial charge is 0.480 e. The van der Waals surface area contributed by atoms with E-state index in [9.17, 15) is 19.2 Å². The molecule has 1 aliphatic rings. The molecule has 1 heterocycles. The topological polar surface area (TPSA) is 102 Å². The van der Waals surface area contributed by atoms with Gasteiger partial charge in [0, 0.05) is 0 Å². The lowest BCUT2D eigenvalue weighted by molar-refractivity contribution is -0.145. The quantitative estimate of drug-likeness (QED) is 0.297. The number of ether oxygens (including phenoxy) is 2. The number of carbonyl (C=O) groups excluding carboxylic acids is 4. The smallest absolute Gasteiger partial charge is 0.344 e. The van der Waals surface area contributed by atoms with E-state index in [1.165, 1.54) is 6.08 Å². The van der Waals surface area contributed by atoms with Gasteiger partial charge >= 0.3 is 12.0 Å². The van der Waals surface area contributed by atoms with Crippen molar-refractivity contribution in [2.75, 3.05) is 18.1 Å². The molecule has 0 spiro atoms. The van der Waals surface area contributed by atoms with Crippen LogP contribution in [0.1, 0.15) is 25.0 Å². The van der Waals surface area contributed by atoms with Crippen LogP contribution in [0.4, 0.5) is 10.5 Å². The molecule has 3 rings (SSSR count). The van der Waals surface area contributed by atoms with Gasteiger partial charge in [0.15, 0.2) is 6.61 Å². The van der Waals surface area contributed by atoms with E-state index in [0.29, 0.717) is 25.9 Å². The van der Waals surface area contributed by atoms with Gasteiger partial charge in [-0.15, -0.1) is 0 Å². The molecule has 10 heteroatoms. The first-order valence-electron chi connectivity index (χ1n) is 10.0. The minimum atomic E-state index is -0.809. The summed E-state index contributed by atoms with van der Waals surface area (Å²) in [5.41, 5.74) is 1.70. The Hall–Kier alpha value is -2.98. The Balaban J connectivity index is 1.89. The summed E-state index contributed by atoms with van der Waals surface area (Å²) >= 11 is 6.73. The predicted octanol–water partition coefficient (Wildman–Crippen LogP) is 4.38. The zero-order valence-corrected chi connectivity index (χ0v) is 21.0. The van der Waals surface area contributed by atoms with Crippen molar-refractivity contribution in [1.82, 2.24) is 5.32 Å². The second-order valence-corrected chi connectivity index (χ2v) is 8.59. The molecule has 0 saturated carbocycles. The minimum absolute atomic E-state index is 0.201. The Morgan fingerprint density at radius 2 is 1.70 bits per heavy atom. The van der Waals surface area contributed by atoms with Gasteiger partial charge in [-0.2, -0.15) is 0 Å².